The number of nitrogens with one attached hydrogen (secondary N) is 2. The van der Waals surface area contributed by atoms with Gasteiger partial charge in [-0.25, -0.2) is 4.79 Å². The summed E-state index contributed by atoms with van der Waals surface area (Å²) >= 11 is 0. The second-order valence-electron chi connectivity index (χ2n) is 4.04. The highest BCUT2D eigenvalue weighted by Gasteiger charge is 2.07. The van der Waals surface area contributed by atoms with Crippen molar-refractivity contribution in [2.24, 2.45) is 0 Å². The van der Waals surface area contributed by atoms with Crippen molar-refractivity contribution >= 4 is 22.6 Å². The van der Waals surface area contributed by atoms with Gasteiger partial charge in [0.05, 0.1) is 11.2 Å². The van der Waals surface area contributed by atoms with Crippen molar-refractivity contribution in [1.82, 2.24) is 10.3 Å². The summed E-state index contributed by atoms with van der Waals surface area (Å²) in [7, 11) is 1.59. The fraction of sp³-hybridized carbons (Fsp3) is 0.231. The van der Waals surface area contributed by atoms with Crippen LogP contribution in [-0.4, -0.2) is 18.1 Å². The van der Waals surface area contributed by atoms with Crippen LogP contribution < -0.4 is 10.6 Å². The quantitative estimate of drug-likeness (QED) is 0.789. The van der Waals surface area contributed by atoms with E-state index in [1.54, 1.807) is 19.3 Å². The summed E-state index contributed by atoms with van der Waals surface area (Å²) in [5.74, 6) is 0. The molecule has 2 rings (SSSR count). The molecular weight excluding hydrogens is 214 g/mol. The summed E-state index contributed by atoms with van der Waals surface area (Å²) in [4.78, 5) is 15.7. The molecule has 0 aliphatic carbocycles. The van der Waals surface area contributed by atoms with Crippen LogP contribution in [0.15, 0.2) is 24.4 Å². The van der Waals surface area contributed by atoms with Crippen LogP contribution >= 0.6 is 0 Å². The molecule has 0 atom stereocenters. The van der Waals surface area contributed by atoms with E-state index < -0.39 is 0 Å². The van der Waals surface area contributed by atoms with Crippen molar-refractivity contribution in [3.05, 3.63) is 35.5 Å². The zero-order valence-corrected chi connectivity index (χ0v) is 10.2. The number of aryl methyl sites for hydroxylation is 2. The summed E-state index contributed by atoms with van der Waals surface area (Å²) in [6, 6.07) is 5.69. The maximum atomic E-state index is 11.4. The molecule has 0 aliphatic rings. The van der Waals surface area contributed by atoms with Crippen molar-refractivity contribution in [2.45, 2.75) is 13.8 Å². The molecule has 1 aromatic carbocycles. The van der Waals surface area contributed by atoms with Gasteiger partial charge in [-0.05, 0) is 31.5 Å². The number of amides is 2. The lowest BCUT2D eigenvalue weighted by Crippen LogP contribution is -2.24. The Bertz CT molecular complexity index is 578. The van der Waals surface area contributed by atoms with Gasteiger partial charge in [0.1, 0.15) is 0 Å². The third-order valence-electron chi connectivity index (χ3n) is 2.66. The van der Waals surface area contributed by atoms with E-state index in [4.69, 9.17) is 0 Å². The van der Waals surface area contributed by atoms with Crippen molar-refractivity contribution in [3.63, 3.8) is 0 Å². The Kier molecular flexibility index (Phi) is 2.95. The van der Waals surface area contributed by atoms with Crippen molar-refractivity contribution in [1.29, 1.82) is 0 Å². The zero-order valence-electron chi connectivity index (χ0n) is 10.2. The number of rotatable bonds is 1. The number of carbonyl (C=O) groups is 1. The summed E-state index contributed by atoms with van der Waals surface area (Å²) in [6.45, 7) is 4.05. The SMILES string of the molecule is CNC(=O)Nc1ccnc2c(C)cc(C)cc12. The van der Waals surface area contributed by atoms with Gasteiger partial charge < -0.3 is 10.6 Å². The highest BCUT2D eigenvalue weighted by atomic mass is 16.2. The molecule has 0 spiro atoms. The van der Waals surface area contributed by atoms with Gasteiger partial charge in [0, 0.05) is 18.6 Å². The Balaban J connectivity index is 2.60. The van der Waals surface area contributed by atoms with E-state index in [9.17, 15) is 4.79 Å². The lowest BCUT2D eigenvalue weighted by molar-refractivity contribution is 0.254. The average Bonchev–Trinajstić information content (AvgIpc) is 2.30. The number of pyridine rings is 1. The Morgan fingerprint density at radius 1 is 1.29 bits per heavy atom. The van der Waals surface area contributed by atoms with Gasteiger partial charge in [0.2, 0.25) is 0 Å². The van der Waals surface area contributed by atoms with E-state index in [-0.39, 0.29) is 6.03 Å². The number of urea groups is 1. The molecule has 2 amide bonds. The average molecular weight is 229 g/mol. The fourth-order valence-corrected chi connectivity index (χ4v) is 1.91. The van der Waals surface area contributed by atoms with Gasteiger partial charge in [-0.3, -0.25) is 4.98 Å². The lowest BCUT2D eigenvalue weighted by Gasteiger charge is -2.10. The molecule has 0 radical (unpaired) electrons. The first-order valence-corrected chi connectivity index (χ1v) is 5.46. The first-order chi connectivity index (χ1) is 8.11. The smallest absolute Gasteiger partial charge is 0.318 e. The minimum absolute atomic E-state index is 0.225. The van der Waals surface area contributed by atoms with E-state index in [1.165, 1.54) is 0 Å². The monoisotopic (exact) mass is 229 g/mol. The second kappa shape index (κ2) is 4.41. The van der Waals surface area contributed by atoms with Crippen LogP contribution in [0.3, 0.4) is 0 Å². The first kappa shape index (κ1) is 11.4. The highest BCUT2D eigenvalue weighted by Crippen LogP contribution is 2.25. The largest absolute Gasteiger partial charge is 0.341 e. The molecule has 2 N–H and O–H groups in total. The number of nitrogens with zero attached hydrogens (tertiary/aromatic N) is 1. The number of aromatic nitrogens is 1. The normalized spacial score (nSPS) is 10.3. The van der Waals surface area contributed by atoms with Crippen LogP contribution in [0, 0.1) is 13.8 Å². The van der Waals surface area contributed by atoms with Gasteiger partial charge in [-0.1, -0.05) is 11.6 Å². The number of anilines is 1. The van der Waals surface area contributed by atoms with Crippen molar-refractivity contribution in [2.75, 3.05) is 12.4 Å². The van der Waals surface area contributed by atoms with Gasteiger partial charge >= 0.3 is 6.03 Å². The van der Waals surface area contributed by atoms with E-state index >= 15 is 0 Å². The second-order valence-corrected chi connectivity index (χ2v) is 4.04. The predicted octanol–water partition coefficient (Wildman–Crippen LogP) is 2.60. The van der Waals surface area contributed by atoms with E-state index in [0.29, 0.717) is 0 Å². The molecule has 0 saturated heterocycles. The van der Waals surface area contributed by atoms with Gasteiger partial charge in [-0.15, -0.1) is 0 Å². The summed E-state index contributed by atoms with van der Waals surface area (Å²) in [6.07, 6.45) is 1.70. The minimum Gasteiger partial charge on any atom is -0.341 e. The van der Waals surface area contributed by atoms with Crippen molar-refractivity contribution < 1.29 is 4.79 Å². The van der Waals surface area contributed by atoms with Crippen molar-refractivity contribution in [3.8, 4) is 0 Å². The van der Waals surface area contributed by atoms with Gasteiger partial charge in [0.15, 0.2) is 0 Å². The molecule has 0 saturated carbocycles. The predicted molar refractivity (Wildman–Crippen MR) is 69.3 cm³/mol. The fourth-order valence-electron chi connectivity index (χ4n) is 1.91. The van der Waals surface area contributed by atoms with Crippen LogP contribution in [0.2, 0.25) is 0 Å². The molecule has 0 aliphatic heterocycles. The molecular formula is C13H15N3O. The molecule has 0 unspecified atom stereocenters. The Hall–Kier alpha value is -2.10. The number of carbonyl (C=O) groups excluding carboxylic acids is 1. The van der Waals surface area contributed by atoms with Crippen LogP contribution in [0.25, 0.3) is 10.9 Å². The molecule has 1 heterocycles. The van der Waals surface area contributed by atoms with E-state index in [0.717, 1.165) is 27.7 Å². The topological polar surface area (TPSA) is 54.0 Å². The van der Waals surface area contributed by atoms with E-state index in [1.807, 2.05) is 19.9 Å². The number of hydrogen-bond acceptors (Lipinski definition) is 2. The maximum absolute atomic E-state index is 11.4. The number of fused-ring (bicyclic) bond motifs is 1. The molecule has 88 valence electrons. The molecule has 4 heteroatoms. The number of benzene rings is 1. The number of hydrogen-bond donors (Lipinski definition) is 2. The summed E-state index contributed by atoms with van der Waals surface area (Å²) in [5.41, 5.74) is 3.97. The van der Waals surface area contributed by atoms with Crippen LogP contribution in [-0.2, 0) is 0 Å². The van der Waals surface area contributed by atoms with Crippen LogP contribution in [0.1, 0.15) is 11.1 Å². The molecule has 17 heavy (non-hydrogen) atoms. The molecule has 4 nitrogen and oxygen atoms in total. The summed E-state index contributed by atoms with van der Waals surface area (Å²) < 4.78 is 0. The lowest BCUT2D eigenvalue weighted by atomic mass is 10.1. The minimum atomic E-state index is -0.225. The van der Waals surface area contributed by atoms with Gasteiger partial charge in [0.25, 0.3) is 0 Å². The zero-order chi connectivity index (χ0) is 12.4. The third-order valence-corrected chi connectivity index (χ3v) is 2.66. The van der Waals surface area contributed by atoms with Crippen LogP contribution in [0.5, 0.6) is 0 Å². The highest BCUT2D eigenvalue weighted by molar-refractivity contribution is 6.01. The Morgan fingerprint density at radius 3 is 2.76 bits per heavy atom. The first-order valence-electron chi connectivity index (χ1n) is 5.46. The van der Waals surface area contributed by atoms with Crippen LogP contribution in [0.4, 0.5) is 10.5 Å². The van der Waals surface area contributed by atoms with Gasteiger partial charge in [-0.2, -0.15) is 0 Å². The molecule has 1 aromatic heterocycles. The molecule has 0 bridgehead atoms. The van der Waals surface area contributed by atoms with E-state index in [2.05, 4.69) is 21.7 Å². The maximum Gasteiger partial charge on any atom is 0.318 e. The molecule has 0 fully saturated rings. The Morgan fingerprint density at radius 2 is 2.06 bits per heavy atom. The molecule has 2 aromatic rings. The third kappa shape index (κ3) is 2.20. The Labute approximate surface area is 100 Å². The summed E-state index contributed by atoms with van der Waals surface area (Å²) in [5, 5.41) is 6.30. The standard InChI is InChI=1S/C13H15N3O/c1-8-6-9(2)12-10(7-8)11(4-5-15-12)16-13(17)14-3/h4-7H,1-3H3,(H2,14,15,16,17).